The van der Waals surface area contributed by atoms with E-state index in [0.29, 0.717) is 0 Å². The molecular formula is C10H10BrNO3. The van der Waals surface area contributed by atoms with Crippen molar-refractivity contribution in [1.29, 1.82) is 0 Å². The molecule has 0 bridgehead atoms. The summed E-state index contributed by atoms with van der Waals surface area (Å²) < 4.78 is 4.49. The summed E-state index contributed by atoms with van der Waals surface area (Å²) in [4.78, 5) is 24.7. The molecule has 1 aliphatic carbocycles. The highest BCUT2D eigenvalue weighted by molar-refractivity contribution is 9.10. The maximum Gasteiger partial charge on any atom is 0.333 e. The molecule has 1 saturated carbocycles. The number of likely N-dealkylation sites (tertiary alicyclic amines) is 1. The van der Waals surface area contributed by atoms with Crippen LogP contribution in [0.3, 0.4) is 0 Å². The van der Waals surface area contributed by atoms with Crippen LogP contribution in [0, 0.1) is 0 Å². The lowest BCUT2D eigenvalue weighted by Crippen LogP contribution is -2.78. The molecular weight excluding hydrogens is 262 g/mol. The van der Waals surface area contributed by atoms with Crippen LogP contribution in [0.5, 0.6) is 0 Å². The Bertz CT molecular complexity index is 399. The Morgan fingerprint density at radius 1 is 1.53 bits per heavy atom. The number of β-lactam (4-membered cyclic amide) rings is 1. The van der Waals surface area contributed by atoms with E-state index in [1.807, 2.05) is 0 Å². The van der Waals surface area contributed by atoms with E-state index in [-0.39, 0.29) is 17.9 Å². The van der Waals surface area contributed by atoms with Gasteiger partial charge in [-0.2, -0.15) is 0 Å². The average Bonchev–Trinajstić information content (AvgIpc) is 2.90. The van der Waals surface area contributed by atoms with Crippen molar-refractivity contribution in [3.8, 4) is 0 Å². The van der Waals surface area contributed by atoms with E-state index >= 15 is 0 Å². The van der Waals surface area contributed by atoms with Gasteiger partial charge in [-0.1, -0.05) is 15.9 Å². The molecule has 4 nitrogen and oxygen atoms in total. The number of hydrogen-bond donors (Lipinski definition) is 0. The maximum absolute atomic E-state index is 11.9. The Labute approximate surface area is 95.4 Å². The summed E-state index contributed by atoms with van der Waals surface area (Å²) in [6.07, 6.45) is 5.08. The molecule has 1 amide bonds. The Hall–Kier alpha value is -0.840. The van der Waals surface area contributed by atoms with Gasteiger partial charge in [0.1, 0.15) is 0 Å². The number of ether oxygens (including phenoxy) is 1. The third-order valence-corrected chi connectivity index (χ3v) is 4.17. The summed E-state index contributed by atoms with van der Waals surface area (Å²) in [7, 11) is 0. The van der Waals surface area contributed by atoms with E-state index in [1.165, 1.54) is 6.08 Å². The topological polar surface area (TPSA) is 46.6 Å². The molecule has 0 aromatic heterocycles. The zero-order valence-corrected chi connectivity index (χ0v) is 9.78. The summed E-state index contributed by atoms with van der Waals surface area (Å²) in [6.45, 7) is 1.75. The standard InChI is InChI=1S/C10H10BrNO3/c1-9(11)8(14)12(6-2-3-6)10(9)5-4-7(13)15-10/h4-6H,2-3H2,1H3/t9-,10+/m1/s1. The molecule has 2 heterocycles. The molecule has 1 saturated heterocycles. The molecule has 3 aliphatic rings. The van der Waals surface area contributed by atoms with E-state index in [0.717, 1.165) is 12.8 Å². The number of esters is 1. The molecule has 2 atom stereocenters. The van der Waals surface area contributed by atoms with Gasteiger partial charge in [0.15, 0.2) is 4.32 Å². The van der Waals surface area contributed by atoms with Crippen molar-refractivity contribution in [2.45, 2.75) is 35.9 Å². The van der Waals surface area contributed by atoms with E-state index in [4.69, 9.17) is 4.74 Å². The molecule has 1 spiro atoms. The maximum atomic E-state index is 11.9. The Kier molecular flexibility index (Phi) is 1.54. The highest BCUT2D eigenvalue weighted by Crippen LogP contribution is 2.55. The normalized spacial score (nSPS) is 43.5. The second-order valence-corrected chi connectivity index (χ2v) is 5.95. The Morgan fingerprint density at radius 3 is 2.67 bits per heavy atom. The van der Waals surface area contributed by atoms with E-state index in [9.17, 15) is 9.59 Å². The lowest BCUT2D eigenvalue weighted by Gasteiger charge is -2.57. The number of rotatable bonds is 1. The van der Waals surface area contributed by atoms with Crippen LogP contribution in [0.15, 0.2) is 12.2 Å². The van der Waals surface area contributed by atoms with Crippen LogP contribution in [-0.2, 0) is 14.3 Å². The molecule has 2 fully saturated rings. The van der Waals surface area contributed by atoms with Gasteiger partial charge in [-0.25, -0.2) is 4.79 Å². The van der Waals surface area contributed by atoms with Gasteiger partial charge >= 0.3 is 5.97 Å². The highest BCUT2D eigenvalue weighted by atomic mass is 79.9. The first-order valence-corrected chi connectivity index (χ1v) is 5.73. The minimum Gasteiger partial charge on any atom is -0.430 e. The molecule has 3 rings (SSSR count). The number of nitrogens with zero attached hydrogens (tertiary/aromatic N) is 1. The number of carbonyl (C=O) groups is 2. The summed E-state index contributed by atoms with van der Waals surface area (Å²) >= 11 is 3.36. The third-order valence-electron chi connectivity index (χ3n) is 3.26. The van der Waals surface area contributed by atoms with E-state index in [1.54, 1.807) is 17.9 Å². The van der Waals surface area contributed by atoms with Crippen molar-refractivity contribution in [2.75, 3.05) is 0 Å². The minimum atomic E-state index is -0.873. The molecule has 0 N–H and O–H groups in total. The molecule has 5 heteroatoms. The second kappa shape index (κ2) is 2.45. The van der Waals surface area contributed by atoms with Gasteiger partial charge in [0.05, 0.1) is 0 Å². The highest BCUT2D eigenvalue weighted by Gasteiger charge is 2.73. The van der Waals surface area contributed by atoms with Crippen molar-refractivity contribution < 1.29 is 14.3 Å². The van der Waals surface area contributed by atoms with Crippen LogP contribution in [-0.4, -0.2) is 32.9 Å². The SMILES string of the molecule is C[C@@]1(Br)C(=O)N(C2CC2)[C@]12C=CC(=O)O2. The van der Waals surface area contributed by atoms with Gasteiger partial charge in [0.2, 0.25) is 11.6 Å². The van der Waals surface area contributed by atoms with Gasteiger partial charge in [-0.3, -0.25) is 9.69 Å². The third kappa shape index (κ3) is 0.922. The largest absolute Gasteiger partial charge is 0.430 e. The number of halogens is 1. The van der Waals surface area contributed by atoms with Crippen LogP contribution in [0.1, 0.15) is 19.8 Å². The minimum absolute atomic E-state index is 0.00403. The average molecular weight is 272 g/mol. The van der Waals surface area contributed by atoms with Crippen LogP contribution < -0.4 is 0 Å². The first kappa shape index (κ1) is 9.39. The van der Waals surface area contributed by atoms with Crippen molar-refractivity contribution >= 4 is 27.8 Å². The number of amides is 1. The summed E-state index contributed by atoms with van der Waals surface area (Å²) in [5.41, 5.74) is -0.873. The van der Waals surface area contributed by atoms with Crippen molar-refractivity contribution in [3.05, 3.63) is 12.2 Å². The van der Waals surface area contributed by atoms with Gasteiger partial charge in [0.25, 0.3) is 0 Å². The zero-order chi connectivity index (χ0) is 10.8. The lowest BCUT2D eigenvalue weighted by molar-refractivity contribution is -0.207. The fourth-order valence-corrected chi connectivity index (χ4v) is 2.85. The van der Waals surface area contributed by atoms with Crippen molar-refractivity contribution in [3.63, 3.8) is 0 Å². The monoisotopic (exact) mass is 271 g/mol. The van der Waals surface area contributed by atoms with Gasteiger partial charge in [-0.15, -0.1) is 0 Å². The second-order valence-electron chi connectivity index (χ2n) is 4.36. The predicted octanol–water partition coefficient (Wildman–Crippen LogP) is 0.954. The molecule has 0 aromatic rings. The van der Waals surface area contributed by atoms with Gasteiger partial charge in [0, 0.05) is 12.1 Å². The molecule has 0 radical (unpaired) electrons. The Balaban J connectivity index is 2.01. The van der Waals surface area contributed by atoms with Gasteiger partial charge < -0.3 is 4.74 Å². The number of carbonyl (C=O) groups excluding carboxylic acids is 2. The van der Waals surface area contributed by atoms with E-state index < -0.39 is 10.0 Å². The van der Waals surface area contributed by atoms with Gasteiger partial charge in [-0.05, 0) is 25.8 Å². The first-order chi connectivity index (χ1) is 6.99. The molecule has 2 aliphatic heterocycles. The zero-order valence-electron chi connectivity index (χ0n) is 8.20. The summed E-state index contributed by atoms with van der Waals surface area (Å²) in [6, 6.07) is 0.249. The van der Waals surface area contributed by atoms with Crippen LogP contribution >= 0.6 is 15.9 Å². The quantitative estimate of drug-likeness (QED) is 0.405. The molecule has 0 aromatic carbocycles. The fraction of sp³-hybridized carbons (Fsp3) is 0.600. The van der Waals surface area contributed by atoms with Crippen LogP contribution in [0.25, 0.3) is 0 Å². The molecule has 0 unspecified atom stereocenters. The van der Waals surface area contributed by atoms with Crippen LogP contribution in [0.2, 0.25) is 0 Å². The number of alkyl halides is 1. The Morgan fingerprint density at radius 2 is 2.20 bits per heavy atom. The van der Waals surface area contributed by atoms with Crippen LogP contribution in [0.4, 0.5) is 0 Å². The molecule has 80 valence electrons. The predicted molar refractivity (Wildman–Crippen MR) is 55.2 cm³/mol. The van der Waals surface area contributed by atoms with E-state index in [2.05, 4.69) is 15.9 Å². The summed E-state index contributed by atoms with van der Waals surface area (Å²) in [5, 5.41) is 0. The van der Waals surface area contributed by atoms with Crippen molar-refractivity contribution in [2.24, 2.45) is 0 Å². The fourth-order valence-electron chi connectivity index (χ4n) is 2.26. The lowest BCUT2D eigenvalue weighted by atomic mass is 9.84. The smallest absolute Gasteiger partial charge is 0.333 e. The molecule has 15 heavy (non-hydrogen) atoms. The first-order valence-electron chi connectivity index (χ1n) is 4.94. The van der Waals surface area contributed by atoms with Crippen molar-refractivity contribution in [1.82, 2.24) is 4.90 Å². The summed E-state index contributed by atoms with van der Waals surface area (Å²) in [5.74, 6) is -0.372. The number of hydrogen-bond acceptors (Lipinski definition) is 3.